The third-order valence-electron chi connectivity index (χ3n) is 11.8. The van der Waals surface area contributed by atoms with Crippen molar-refractivity contribution in [2.24, 2.45) is 0 Å². The maximum atomic E-state index is 13.2. The molecule has 0 saturated carbocycles. The van der Waals surface area contributed by atoms with Crippen LogP contribution in [0.15, 0.2) is 34.9 Å². The molecule has 1 unspecified atom stereocenters. The molecular formula is C49H84N6O14. The molecule has 1 aliphatic heterocycles. The summed E-state index contributed by atoms with van der Waals surface area (Å²) < 4.78 is 5.47. The number of hydrogen-bond donors (Lipinski definition) is 9. The highest BCUT2D eigenvalue weighted by Gasteiger charge is 2.33. The van der Waals surface area contributed by atoms with Crippen LogP contribution < -0.4 is 16.0 Å². The predicted octanol–water partition coefficient (Wildman–Crippen LogP) is 4.44. The number of rotatable bonds is 38. The molecule has 69 heavy (non-hydrogen) atoms. The van der Waals surface area contributed by atoms with Gasteiger partial charge in [-0.1, -0.05) is 95.1 Å². The average Bonchev–Trinajstić information content (AvgIpc) is 3.30. The van der Waals surface area contributed by atoms with Crippen LogP contribution in [0.1, 0.15) is 169 Å². The maximum absolute atomic E-state index is 13.2. The molecule has 1 saturated heterocycles. The molecule has 0 aromatic rings. The van der Waals surface area contributed by atoms with Gasteiger partial charge in [0.2, 0.25) is 17.7 Å². The molecule has 0 bridgehead atoms. The van der Waals surface area contributed by atoms with E-state index in [1.807, 2.05) is 0 Å². The van der Waals surface area contributed by atoms with Gasteiger partial charge in [-0.15, -0.1) is 0 Å². The number of amides is 6. The third kappa shape index (κ3) is 28.5. The van der Waals surface area contributed by atoms with Gasteiger partial charge in [0.05, 0.1) is 19.3 Å². The van der Waals surface area contributed by atoms with Crippen LogP contribution in [-0.4, -0.2) is 151 Å². The van der Waals surface area contributed by atoms with Crippen molar-refractivity contribution in [2.75, 3.05) is 39.5 Å². The van der Waals surface area contributed by atoms with E-state index in [1.165, 1.54) is 76.9 Å². The smallest absolute Gasteiger partial charge is 0.328 e. The molecule has 0 aromatic carbocycles. The molecule has 4 atom stereocenters. The molecule has 20 nitrogen and oxygen atoms in total. The van der Waals surface area contributed by atoms with Gasteiger partial charge in [-0.2, -0.15) is 0 Å². The van der Waals surface area contributed by atoms with Gasteiger partial charge < -0.3 is 36.0 Å². The van der Waals surface area contributed by atoms with E-state index >= 15 is 0 Å². The van der Waals surface area contributed by atoms with Crippen LogP contribution in [0, 0.1) is 0 Å². The molecule has 0 radical (unpaired) electrons. The minimum absolute atomic E-state index is 0.0678. The lowest BCUT2D eigenvalue weighted by atomic mass is 10.0. The first-order valence-electron chi connectivity index (χ1n) is 24.9. The number of nitrogens with one attached hydrogen (secondary N) is 3. The van der Waals surface area contributed by atoms with E-state index in [4.69, 9.17) is 14.9 Å². The zero-order chi connectivity index (χ0) is 51.6. The number of carbonyl (C=O) groups is 7. The van der Waals surface area contributed by atoms with E-state index < -0.39 is 66.3 Å². The molecule has 0 aromatic heterocycles. The SMILES string of the molecule is CCCCCCCCCCCCCCCC(=O)N[C@@H](CCCN(O)C(=O)/C=C(\C)CCO)C(=O)OCC/C(C)=C/C(=O)N(O)CCC[C@@H]1NC(=O)[C@H](CCCN(O)C(=O)/C=C(\C)C(O)CO)NC1=O. The fourth-order valence-corrected chi connectivity index (χ4v) is 7.38. The number of nitrogens with zero attached hydrogens (tertiary/aromatic N) is 3. The van der Waals surface area contributed by atoms with E-state index in [2.05, 4.69) is 22.9 Å². The second kappa shape index (κ2) is 37.1. The molecular weight excluding hydrogens is 897 g/mol. The number of unbranched alkanes of at least 4 members (excludes halogenated alkanes) is 12. The van der Waals surface area contributed by atoms with Crippen molar-refractivity contribution in [3.05, 3.63) is 34.9 Å². The lowest BCUT2D eigenvalue weighted by molar-refractivity contribution is -0.160. The number of ether oxygens (including phenoxy) is 1. The Morgan fingerprint density at radius 2 is 1.06 bits per heavy atom. The van der Waals surface area contributed by atoms with Crippen molar-refractivity contribution in [2.45, 2.75) is 193 Å². The van der Waals surface area contributed by atoms with Gasteiger partial charge in [0, 0.05) is 57.3 Å². The first-order chi connectivity index (χ1) is 32.9. The summed E-state index contributed by atoms with van der Waals surface area (Å²) >= 11 is 0. The first-order valence-corrected chi connectivity index (χ1v) is 24.9. The molecule has 1 aliphatic rings. The maximum Gasteiger partial charge on any atom is 0.328 e. The summed E-state index contributed by atoms with van der Waals surface area (Å²) in [5, 5.41) is 67.6. The van der Waals surface area contributed by atoms with Crippen molar-refractivity contribution in [1.82, 2.24) is 31.1 Å². The van der Waals surface area contributed by atoms with E-state index in [0.29, 0.717) is 32.8 Å². The lowest BCUT2D eigenvalue weighted by Crippen LogP contribution is -2.61. The zero-order valence-corrected chi connectivity index (χ0v) is 41.6. The second-order valence-corrected chi connectivity index (χ2v) is 18.0. The van der Waals surface area contributed by atoms with Crippen molar-refractivity contribution in [1.29, 1.82) is 0 Å². The predicted molar refractivity (Wildman–Crippen MR) is 256 cm³/mol. The summed E-state index contributed by atoms with van der Waals surface area (Å²) in [5.41, 5.74) is 1.21. The van der Waals surface area contributed by atoms with E-state index in [9.17, 15) is 54.3 Å². The Bertz CT molecular complexity index is 1670. The average molecular weight is 981 g/mol. The molecule has 1 fully saturated rings. The Labute approximate surface area is 408 Å². The summed E-state index contributed by atoms with van der Waals surface area (Å²) in [6.07, 6.45) is 18.6. The third-order valence-corrected chi connectivity index (χ3v) is 11.8. The highest BCUT2D eigenvalue weighted by molar-refractivity contribution is 5.97. The second-order valence-electron chi connectivity index (χ2n) is 18.0. The number of hydroxylamine groups is 6. The number of hydrogen-bond acceptors (Lipinski definition) is 14. The standard InChI is InChI=1S/C49H84N6O14/c1-5-6-7-8-9-10-11-12-13-14-15-16-17-24-43(59)50-41(23-20-29-54(67)44(60)32-36(2)25-30-56)49(65)69-31-26-37(3)33-45(61)53(66)27-18-21-39-47(63)52-40(48(64)51-39)22-19-28-55(68)46(62)34-38(4)42(58)35-57/h32-34,39-42,56-58,66-68H,5-31,35H2,1-4H3,(H,50,59)(H,51,64)(H,52,63)/b36-32+,37-33+,38-34+/t39-,40-,41-,42?/m0/s1. The zero-order valence-electron chi connectivity index (χ0n) is 41.6. The summed E-state index contributed by atoms with van der Waals surface area (Å²) in [4.78, 5) is 88.7. The summed E-state index contributed by atoms with van der Waals surface area (Å²) in [7, 11) is 0. The largest absolute Gasteiger partial charge is 0.464 e. The summed E-state index contributed by atoms with van der Waals surface area (Å²) in [6.45, 7) is 5.56. The van der Waals surface area contributed by atoms with Crippen molar-refractivity contribution in [3.63, 3.8) is 0 Å². The highest BCUT2D eigenvalue weighted by atomic mass is 16.5. The molecule has 1 heterocycles. The van der Waals surface area contributed by atoms with Crippen LogP contribution in [0.25, 0.3) is 0 Å². The minimum Gasteiger partial charge on any atom is -0.464 e. The Morgan fingerprint density at radius 3 is 1.52 bits per heavy atom. The fraction of sp³-hybridized carbons (Fsp3) is 0.735. The number of esters is 1. The molecule has 0 aliphatic carbocycles. The van der Waals surface area contributed by atoms with Gasteiger partial charge in [0.1, 0.15) is 18.1 Å². The van der Waals surface area contributed by atoms with Crippen molar-refractivity contribution < 1.29 is 69.2 Å². The Balaban J connectivity index is 2.59. The molecule has 1 rings (SSSR count). The number of piperazine rings is 1. The monoisotopic (exact) mass is 981 g/mol. The van der Waals surface area contributed by atoms with E-state index in [-0.39, 0.29) is 102 Å². The summed E-state index contributed by atoms with van der Waals surface area (Å²) in [6, 6.07) is -2.90. The minimum atomic E-state index is -1.25. The van der Waals surface area contributed by atoms with Crippen LogP contribution in [0.4, 0.5) is 0 Å². The van der Waals surface area contributed by atoms with Gasteiger partial charge in [-0.05, 0) is 77.7 Å². The van der Waals surface area contributed by atoms with E-state index in [0.717, 1.165) is 25.3 Å². The Hall–Kier alpha value is -4.73. The molecule has 6 amide bonds. The molecule has 9 N–H and O–H groups in total. The topological polar surface area (TPSA) is 296 Å². The first kappa shape index (κ1) is 62.3. The lowest BCUT2D eigenvalue weighted by Gasteiger charge is -2.30. The van der Waals surface area contributed by atoms with Crippen LogP contribution >= 0.6 is 0 Å². The quantitative estimate of drug-likeness (QED) is 0.0136. The summed E-state index contributed by atoms with van der Waals surface area (Å²) in [5.74, 6) is -4.25. The molecule has 20 heteroatoms. The molecule has 394 valence electrons. The van der Waals surface area contributed by atoms with Crippen LogP contribution in [0.3, 0.4) is 0 Å². The fourth-order valence-electron chi connectivity index (χ4n) is 7.38. The number of carbonyl (C=O) groups excluding carboxylic acids is 7. The highest BCUT2D eigenvalue weighted by Crippen LogP contribution is 2.15. The van der Waals surface area contributed by atoms with Gasteiger partial charge >= 0.3 is 5.97 Å². The van der Waals surface area contributed by atoms with Crippen LogP contribution in [0.2, 0.25) is 0 Å². The van der Waals surface area contributed by atoms with Gasteiger partial charge in [0.15, 0.2) is 0 Å². The normalized spacial score (nSPS) is 16.3. The van der Waals surface area contributed by atoms with Gasteiger partial charge in [-0.3, -0.25) is 44.4 Å². The Kier molecular flexibility index (Phi) is 33.5. The van der Waals surface area contributed by atoms with Crippen LogP contribution in [-0.2, 0) is 38.3 Å². The molecule has 0 spiro atoms. The van der Waals surface area contributed by atoms with E-state index in [1.54, 1.807) is 13.8 Å². The van der Waals surface area contributed by atoms with Gasteiger partial charge in [0.25, 0.3) is 17.7 Å². The van der Waals surface area contributed by atoms with Gasteiger partial charge in [-0.25, -0.2) is 20.0 Å². The van der Waals surface area contributed by atoms with Crippen molar-refractivity contribution in [3.8, 4) is 0 Å². The van der Waals surface area contributed by atoms with Crippen LogP contribution in [0.5, 0.6) is 0 Å². The number of aliphatic hydroxyl groups excluding tert-OH is 3. The van der Waals surface area contributed by atoms with Crippen molar-refractivity contribution >= 4 is 41.4 Å². The number of aliphatic hydroxyl groups is 3. The Morgan fingerprint density at radius 1 is 0.623 bits per heavy atom.